The van der Waals surface area contributed by atoms with Crippen molar-refractivity contribution in [3.63, 3.8) is 0 Å². The Labute approximate surface area is 82.4 Å². The van der Waals surface area contributed by atoms with Crippen LogP contribution >= 0.6 is 0 Å². The van der Waals surface area contributed by atoms with E-state index in [1.165, 1.54) is 0 Å². The molecule has 0 aliphatic heterocycles. The van der Waals surface area contributed by atoms with Crippen LogP contribution in [0.2, 0.25) is 0 Å². The second kappa shape index (κ2) is 5.11. The molecule has 1 aromatic rings. The number of hydrogen-bond donors (Lipinski definition) is 3. The molecule has 78 valence electrons. The number of nitrogens with two attached hydrogens (primary N) is 1. The fourth-order valence-electron chi connectivity index (χ4n) is 1.06. The highest BCUT2D eigenvalue weighted by Crippen LogP contribution is 2.03. The van der Waals surface area contributed by atoms with Gasteiger partial charge in [0.15, 0.2) is 0 Å². The third kappa shape index (κ3) is 3.34. The van der Waals surface area contributed by atoms with Crippen molar-refractivity contribution in [2.24, 2.45) is 17.9 Å². The van der Waals surface area contributed by atoms with Gasteiger partial charge in [0.05, 0.1) is 11.9 Å². The van der Waals surface area contributed by atoms with E-state index in [2.05, 4.69) is 15.6 Å². The van der Waals surface area contributed by atoms with Crippen LogP contribution in [0, 0.1) is 0 Å². The number of anilines is 1. The van der Waals surface area contributed by atoms with E-state index in [1.807, 2.05) is 13.2 Å². The third-order valence-electron chi connectivity index (χ3n) is 1.77. The zero-order valence-electron chi connectivity index (χ0n) is 8.14. The zero-order chi connectivity index (χ0) is 10.4. The first kappa shape index (κ1) is 10.4. The van der Waals surface area contributed by atoms with Gasteiger partial charge in [-0.25, -0.2) is 0 Å². The number of rotatable bonds is 5. The molecule has 0 atom stereocenters. The number of nitrogens with zero attached hydrogens (tertiary/aromatic N) is 3. The molecule has 1 aromatic heterocycles. The van der Waals surface area contributed by atoms with Crippen molar-refractivity contribution in [2.45, 2.75) is 12.8 Å². The van der Waals surface area contributed by atoms with E-state index in [0.717, 1.165) is 18.7 Å². The zero-order valence-corrected chi connectivity index (χ0v) is 8.14. The van der Waals surface area contributed by atoms with Crippen LogP contribution in [0.4, 0.5) is 5.69 Å². The number of nitrogens with one attached hydrogen (secondary N) is 1. The molecule has 0 bridgehead atoms. The molecule has 0 unspecified atom stereocenters. The van der Waals surface area contributed by atoms with Crippen molar-refractivity contribution in [1.29, 1.82) is 0 Å². The van der Waals surface area contributed by atoms with Gasteiger partial charge in [0.1, 0.15) is 5.84 Å². The smallest absolute Gasteiger partial charge is 0.139 e. The van der Waals surface area contributed by atoms with Crippen LogP contribution in [0.1, 0.15) is 12.8 Å². The summed E-state index contributed by atoms with van der Waals surface area (Å²) in [7, 11) is 1.86. The number of aryl methyl sites for hydroxylation is 1. The molecule has 0 saturated heterocycles. The van der Waals surface area contributed by atoms with Gasteiger partial charge in [-0.2, -0.15) is 5.10 Å². The van der Waals surface area contributed by atoms with Crippen LogP contribution < -0.4 is 11.1 Å². The predicted molar refractivity (Wildman–Crippen MR) is 54.3 cm³/mol. The minimum Gasteiger partial charge on any atom is -0.409 e. The van der Waals surface area contributed by atoms with Gasteiger partial charge in [-0.1, -0.05) is 5.16 Å². The van der Waals surface area contributed by atoms with E-state index in [4.69, 9.17) is 10.9 Å². The molecule has 0 radical (unpaired) electrons. The van der Waals surface area contributed by atoms with E-state index < -0.39 is 0 Å². The van der Waals surface area contributed by atoms with Crippen LogP contribution in [0.15, 0.2) is 17.5 Å². The summed E-state index contributed by atoms with van der Waals surface area (Å²) in [5.74, 6) is 0.262. The van der Waals surface area contributed by atoms with Gasteiger partial charge in [-0.05, 0) is 6.42 Å². The molecule has 6 nitrogen and oxygen atoms in total. The Bertz CT molecular complexity index is 306. The van der Waals surface area contributed by atoms with Crippen molar-refractivity contribution < 1.29 is 5.21 Å². The Balaban J connectivity index is 2.16. The van der Waals surface area contributed by atoms with Crippen molar-refractivity contribution in [3.05, 3.63) is 12.4 Å². The number of hydrogen-bond acceptors (Lipinski definition) is 4. The summed E-state index contributed by atoms with van der Waals surface area (Å²) < 4.78 is 1.73. The van der Waals surface area contributed by atoms with Crippen molar-refractivity contribution in [2.75, 3.05) is 11.9 Å². The SMILES string of the molecule is Cn1cc(NCCCC(N)=NO)cn1. The van der Waals surface area contributed by atoms with Crippen LogP contribution in [0.3, 0.4) is 0 Å². The van der Waals surface area contributed by atoms with E-state index in [9.17, 15) is 0 Å². The lowest BCUT2D eigenvalue weighted by Crippen LogP contribution is -2.13. The molecule has 0 aliphatic carbocycles. The molecule has 1 heterocycles. The Kier molecular flexibility index (Phi) is 3.78. The van der Waals surface area contributed by atoms with Gasteiger partial charge >= 0.3 is 0 Å². The second-order valence-electron chi connectivity index (χ2n) is 3.02. The largest absolute Gasteiger partial charge is 0.409 e. The molecule has 4 N–H and O–H groups in total. The topological polar surface area (TPSA) is 88.5 Å². The number of aromatic nitrogens is 2. The Morgan fingerprint density at radius 1 is 1.79 bits per heavy atom. The Morgan fingerprint density at radius 2 is 2.57 bits per heavy atom. The predicted octanol–water partition coefficient (Wildman–Crippen LogP) is 0.359. The molecule has 0 saturated carbocycles. The van der Waals surface area contributed by atoms with Crippen LogP contribution in [-0.2, 0) is 7.05 Å². The monoisotopic (exact) mass is 197 g/mol. The molecular weight excluding hydrogens is 182 g/mol. The van der Waals surface area contributed by atoms with E-state index in [1.54, 1.807) is 10.9 Å². The maximum absolute atomic E-state index is 8.28. The molecule has 0 fully saturated rings. The fraction of sp³-hybridized carbons (Fsp3) is 0.500. The first-order valence-electron chi connectivity index (χ1n) is 4.41. The maximum atomic E-state index is 8.28. The van der Waals surface area contributed by atoms with E-state index in [-0.39, 0.29) is 5.84 Å². The van der Waals surface area contributed by atoms with E-state index in [0.29, 0.717) is 6.42 Å². The first-order valence-corrected chi connectivity index (χ1v) is 4.41. The van der Waals surface area contributed by atoms with Crippen molar-refractivity contribution >= 4 is 11.5 Å². The van der Waals surface area contributed by atoms with Crippen molar-refractivity contribution in [3.8, 4) is 0 Å². The quantitative estimate of drug-likeness (QED) is 0.209. The van der Waals surface area contributed by atoms with Crippen LogP contribution in [0.5, 0.6) is 0 Å². The maximum Gasteiger partial charge on any atom is 0.139 e. The van der Waals surface area contributed by atoms with Gasteiger partial charge in [0.2, 0.25) is 0 Å². The summed E-state index contributed by atoms with van der Waals surface area (Å²) in [5, 5.41) is 18.4. The highest BCUT2D eigenvalue weighted by atomic mass is 16.4. The number of oxime groups is 1. The summed E-state index contributed by atoms with van der Waals surface area (Å²) in [4.78, 5) is 0. The van der Waals surface area contributed by atoms with Crippen LogP contribution in [0.25, 0.3) is 0 Å². The highest BCUT2D eigenvalue weighted by Gasteiger charge is 1.95. The molecule has 0 spiro atoms. The average Bonchev–Trinajstić information content (AvgIpc) is 2.58. The average molecular weight is 197 g/mol. The lowest BCUT2D eigenvalue weighted by Gasteiger charge is -2.01. The fourth-order valence-corrected chi connectivity index (χ4v) is 1.06. The van der Waals surface area contributed by atoms with Gasteiger partial charge in [0.25, 0.3) is 0 Å². The van der Waals surface area contributed by atoms with Gasteiger partial charge in [-0.15, -0.1) is 0 Å². The standard InChI is InChI=1S/C8H15N5O/c1-13-6-7(5-11-13)10-4-2-3-8(9)12-14/h5-6,10,14H,2-4H2,1H3,(H2,9,12). The van der Waals surface area contributed by atoms with Crippen molar-refractivity contribution in [1.82, 2.24) is 9.78 Å². The summed E-state index contributed by atoms with van der Waals surface area (Å²) in [6.45, 7) is 0.780. The lowest BCUT2D eigenvalue weighted by atomic mass is 10.3. The van der Waals surface area contributed by atoms with Gasteiger partial charge < -0.3 is 16.3 Å². The third-order valence-corrected chi connectivity index (χ3v) is 1.77. The number of amidine groups is 1. The Hall–Kier alpha value is -1.72. The molecule has 0 amide bonds. The highest BCUT2D eigenvalue weighted by molar-refractivity contribution is 5.79. The molecule has 6 heteroatoms. The second-order valence-corrected chi connectivity index (χ2v) is 3.02. The minimum absolute atomic E-state index is 0.262. The van der Waals surface area contributed by atoms with E-state index >= 15 is 0 Å². The molecule has 1 rings (SSSR count). The van der Waals surface area contributed by atoms with Crippen LogP contribution in [-0.4, -0.2) is 27.4 Å². The summed E-state index contributed by atoms with van der Waals surface area (Å²) >= 11 is 0. The first-order chi connectivity index (χ1) is 6.72. The van der Waals surface area contributed by atoms with Gasteiger partial charge in [-0.3, -0.25) is 4.68 Å². The van der Waals surface area contributed by atoms with Gasteiger partial charge in [0, 0.05) is 26.2 Å². The lowest BCUT2D eigenvalue weighted by molar-refractivity contribution is 0.316. The molecule has 14 heavy (non-hydrogen) atoms. The minimum atomic E-state index is 0.262. The molecular formula is C8H15N5O. The molecule has 0 aliphatic rings. The summed E-state index contributed by atoms with van der Waals surface area (Å²) in [6, 6.07) is 0. The normalized spacial score (nSPS) is 11.6. The summed E-state index contributed by atoms with van der Waals surface area (Å²) in [5.41, 5.74) is 6.29. The molecule has 0 aromatic carbocycles. The summed E-state index contributed by atoms with van der Waals surface area (Å²) in [6.07, 6.45) is 5.06. The Morgan fingerprint density at radius 3 is 3.14 bits per heavy atom.